The van der Waals surface area contributed by atoms with Crippen LogP contribution in [0.4, 0.5) is 4.39 Å². The van der Waals surface area contributed by atoms with E-state index in [9.17, 15) is 9.18 Å². The highest BCUT2D eigenvalue weighted by Gasteiger charge is 2.02. The maximum absolute atomic E-state index is 12.5. The second-order valence-corrected chi connectivity index (χ2v) is 3.39. The number of hydrogen-bond donors (Lipinski definition) is 1. The van der Waals surface area contributed by atoms with Crippen LogP contribution in [0, 0.1) is 5.82 Å². The molecule has 0 aliphatic carbocycles. The van der Waals surface area contributed by atoms with Crippen LogP contribution in [-0.2, 0) is 0 Å². The Labute approximate surface area is 76.9 Å². The Hall–Kier alpha value is -1.49. The lowest BCUT2D eigenvalue weighted by Crippen LogP contribution is -1.90. The predicted molar refractivity (Wildman–Crippen MR) is 48.1 cm³/mol. The van der Waals surface area contributed by atoms with Crippen molar-refractivity contribution in [1.29, 1.82) is 0 Å². The SMILES string of the molecule is O=c1[nH]nc(-c2ccc(F)cc2)s1. The molecule has 1 aromatic carbocycles. The van der Waals surface area contributed by atoms with Gasteiger partial charge in [0.1, 0.15) is 10.8 Å². The quantitative estimate of drug-likeness (QED) is 0.753. The number of aromatic amines is 1. The fraction of sp³-hybridized carbons (Fsp3) is 0. The van der Waals surface area contributed by atoms with Crippen LogP contribution in [0.5, 0.6) is 0 Å². The van der Waals surface area contributed by atoms with Crippen LogP contribution in [0.25, 0.3) is 10.6 Å². The summed E-state index contributed by atoms with van der Waals surface area (Å²) in [4.78, 5) is 10.5. The molecule has 13 heavy (non-hydrogen) atoms. The predicted octanol–water partition coefficient (Wildman–Crippen LogP) is 1.64. The lowest BCUT2D eigenvalue weighted by atomic mass is 10.2. The number of benzene rings is 1. The van der Waals surface area contributed by atoms with E-state index < -0.39 is 0 Å². The standard InChI is InChI=1S/C8H5FN2OS/c9-6-3-1-5(2-4-6)7-10-11-8(12)13-7/h1-4H,(H,11,12). The van der Waals surface area contributed by atoms with Gasteiger partial charge in [0.25, 0.3) is 0 Å². The Morgan fingerprint density at radius 3 is 2.54 bits per heavy atom. The largest absolute Gasteiger partial charge is 0.322 e. The van der Waals surface area contributed by atoms with Crippen molar-refractivity contribution < 1.29 is 4.39 Å². The molecule has 0 bridgehead atoms. The van der Waals surface area contributed by atoms with Gasteiger partial charge in [0, 0.05) is 5.56 Å². The topological polar surface area (TPSA) is 45.8 Å². The molecule has 1 N–H and O–H groups in total. The van der Waals surface area contributed by atoms with Gasteiger partial charge in [-0.3, -0.25) is 4.79 Å². The molecule has 0 saturated carbocycles. The van der Waals surface area contributed by atoms with Gasteiger partial charge in [-0.1, -0.05) is 11.3 Å². The van der Waals surface area contributed by atoms with E-state index in [1.54, 1.807) is 12.1 Å². The van der Waals surface area contributed by atoms with E-state index in [0.29, 0.717) is 5.01 Å². The van der Waals surface area contributed by atoms with Crippen LogP contribution in [0.2, 0.25) is 0 Å². The van der Waals surface area contributed by atoms with Crippen LogP contribution in [0.3, 0.4) is 0 Å². The molecule has 0 fully saturated rings. The first kappa shape index (κ1) is 8.12. The monoisotopic (exact) mass is 196 g/mol. The third-order valence-electron chi connectivity index (χ3n) is 1.53. The number of rotatable bonds is 1. The number of aromatic nitrogens is 2. The van der Waals surface area contributed by atoms with Gasteiger partial charge in [-0.05, 0) is 24.3 Å². The Balaban J connectivity index is 2.47. The minimum atomic E-state index is -0.299. The Morgan fingerprint density at radius 2 is 2.00 bits per heavy atom. The molecule has 2 rings (SSSR count). The molecule has 0 aliphatic heterocycles. The molecule has 5 heteroatoms. The van der Waals surface area contributed by atoms with Crippen LogP contribution in [-0.4, -0.2) is 10.2 Å². The third kappa shape index (κ3) is 1.65. The summed E-state index contributed by atoms with van der Waals surface area (Å²) in [5, 5.41) is 6.65. The molecule has 0 unspecified atom stereocenters. The fourth-order valence-electron chi connectivity index (χ4n) is 0.946. The van der Waals surface area contributed by atoms with Crippen LogP contribution < -0.4 is 4.87 Å². The van der Waals surface area contributed by atoms with E-state index in [2.05, 4.69) is 10.2 Å². The van der Waals surface area contributed by atoms with Crippen LogP contribution in [0.15, 0.2) is 29.1 Å². The van der Waals surface area contributed by atoms with Crippen molar-refractivity contribution in [2.75, 3.05) is 0 Å². The Bertz CT molecular complexity index is 459. The summed E-state index contributed by atoms with van der Waals surface area (Å²) in [6.45, 7) is 0. The van der Waals surface area contributed by atoms with Gasteiger partial charge in [-0.25, -0.2) is 9.49 Å². The van der Waals surface area contributed by atoms with E-state index in [0.717, 1.165) is 16.9 Å². The van der Waals surface area contributed by atoms with Crippen molar-refractivity contribution in [3.63, 3.8) is 0 Å². The van der Waals surface area contributed by atoms with E-state index >= 15 is 0 Å². The molecule has 66 valence electrons. The molecule has 3 nitrogen and oxygen atoms in total. The van der Waals surface area contributed by atoms with Crippen molar-refractivity contribution >= 4 is 11.3 Å². The second kappa shape index (κ2) is 3.10. The van der Waals surface area contributed by atoms with Gasteiger partial charge in [0.2, 0.25) is 0 Å². The Morgan fingerprint density at radius 1 is 1.31 bits per heavy atom. The molecule has 0 spiro atoms. The number of H-pyrrole nitrogens is 1. The van der Waals surface area contributed by atoms with Gasteiger partial charge >= 0.3 is 4.87 Å². The average molecular weight is 196 g/mol. The zero-order valence-electron chi connectivity index (χ0n) is 6.45. The van der Waals surface area contributed by atoms with Gasteiger partial charge in [0.05, 0.1) is 0 Å². The van der Waals surface area contributed by atoms with Crippen LogP contribution in [0.1, 0.15) is 0 Å². The van der Waals surface area contributed by atoms with E-state index in [-0.39, 0.29) is 10.7 Å². The minimum Gasteiger partial charge on any atom is -0.255 e. The number of hydrogen-bond acceptors (Lipinski definition) is 3. The zero-order valence-corrected chi connectivity index (χ0v) is 7.27. The maximum Gasteiger partial charge on any atom is 0.322 e. The van der Waals surface area contributed by atoms with Crippen molar-refractivity contribution in [3.8, 4) is 10.6 Å². The summed E-state index contributed by atoms with van der Waals surface area (Å²) < 4.78 is 12.5. The summed E-state index contributed by atoms with van der Waals surface area (Å²) >= 11 is 1.00. The molecule has 2 aromatic rings. The smallest absolute Gasteiger partial charge is 0.255 e. The second-order valence-electron chi connectivity index (χ2n) is 2.43. The summed E-state index contributed by atoms with van der Waals surface area (Å²) in [5.41, 5.74) is 0.741. The summed E-state index contributed by atoms with van der Waals surface area (Å²) in [5.74, 6) is -0.299. The summed E-state index contributed by atoms with van der Waals surface area (Å²) in [6, 6.07) is 5.84. The van der Waals surface area contributed by atoms with Crippen molar-refractivity contribution in [2.24, 2.45) is 0 Å². The lowest BCUT2D eigenvalue weighted by molar-refractivity contribution is 0.628. The molecular formula is C8H5FN2OS. The minimum absolute atomic E-state index is 0.209. The molecule has 0 atom stereocenters. The highest BCUT2D eigenvalue weighted by Crippen LogP contribution is 2.18. The van der Waals surface area contributed by atoms with E-state index in [4.69, 9.17) is 0 Å². The highest BCUT2D eigenvalue weighted by molar-refractivity contribution is 7.12. The zero-order chi connectivity index (χ0) is 9.26. The molecular weight excluding hydrogens is 191 g/mol. The molecule has 1 heterocycles. The van der Waals surface area contributed by atoms with Crippen molar-refractivity contribution in [3.05, 3.63) is 39.8 Å². The van der Waals surface area contributed by atoms with Crippen molar-refractivity contribution in [2.45, 2.75) is 0 Å². The lowest BCUT2D eigenvalue weighted by Gasteiger charge is -1.92. The maximum atomic E-state index is 12.5. The molecule has 0 amide bonds. The normalized spacial score (nSPS) is 10.2. The number of nitrogens with one attached hydrogen (secondary N) is 1. The Kier molecular flexibility index (Phi) is 1.94. The van der Waals surface area contributed by atoms with E-state index in [1.807, 2.05) is 0 Å². The molecule has 0 radical (unpaired) electrons. The first-order valence-corrected chi connectivity index (χ1v) is 4.39. The molecule has 0 aliphatic rings. The number of halogens is 1. The van der Waals surface area contributed by atoms with Gasteiger partial charge < -0.3 is 0 Å². The molecule has 0 saturated heterocycles. The van der Waals surface area contributed by atoms with Gasteiger partial charge in [-0.15, -0.1) is 0 Å². The van der Waals surface area contributed by atoms with E-state index in [1.165, 1.54) is 12.1 Å². The van der Waals surface area contributed by atoms with Gasteiger partial charge in [-0.2, -0.15) is 5.10 Å². The summed E-state index contributed by atoms with van der Waals surface area (Å²) in [6.07, 6.45) is 0. The first-order valence-electron chi connectivity index (χ1n) is 3.57. The first-order chi connectivity index (χ1) is 6.25. The third-order valence-corrected chi connectivity index (χ3v) is 2.33. The molecule has 1 aromatic heterocycles. The van der Waals surface area contributed by atoms with Gasteiger partial charge in [0.15, 0.2) is 0 Å². The highest BCUT2D eigenvalue weighted by atomic mass is 32.1. The average Bonchev–Trinajstić information content (AvgIpc) is 2.53. The fourth-order valence-corrected chi connectivity index (χ4v) is 1.56. The van der Waals surface area contributed by atoms with Crippen molar-refractivity contribution in [1.82, 2.24) is 10.2 Å². The summed E-state index contributed by atoms with van der Waals surface area (Å²) in [7, 11) is 0. The number of nitrogens with zero attached hydrogens (tertiary/aromatic N) is 1. The van der Waals surface area contributed by atoms with Crippen LogP contribution >= 0.6 is 11.3 Å².